The molecule has 0 aliphatic carbocycles. The third kappa shape index (κ3) is 51.9. The third-order valence-electron chi connectivity index (χ3n) is 12.0. The number of rotatable bonds is 50. The first-order valence-corrected chi connectivity index (χ1v) is 27.8. The zero-order valence-corrected chi connectivity index (χ0v) is 43.0. The number of esters is 3. The van der Waals surface area contributed by atoms with Gasteiger partial charge in [-0.15, -0.1) is 0 Å². The molecule has 0 N–H and O–H groups in total. The number of allylic oxidation sites excluding steroid dienone is 10. The molecule has 0 aromatic rings. The van der Waals surface area contributed by atoms with Crippen molar-refractivity contribution in [2.75, 3.05) is 13.2 Å². The monoisotopic (exact) mass is 909 g/mol. The molecule has 0 amide bonds. The van der Waals surface area contributed by atoms with E-state index in [0.717, 1.165) is 96.3 Å². The minimum absolute atomic E-state index is 0.0842. The van der Waals surface area contributed by atoms with Crippen LogP contribution in [-0.4, -0.2) is 37.2 Å². The molecule has 0 heterocycles. The highest BCUT2D eigenvalue weighted by Gasteiger charge is 2.19. The van der Waals surface area contributed by atoms with E-state index in [1.807, 2.05) is 0 Å². The first-order chi connectivity index (χ1) is 32.0. The van der Waals surface area contributed by atoms with Crippen LogP contribution < -0.4 is 0 Å². The molecule has 1 atom stereocenters. The molecule has 6 nitrogen and oxygen atoms in total. The highest BCUT2D eigenvalue weighted by Crippen LogP contribution is 2.15. The Labute approximate surface area is 402 Å². The van der Waals surface area contributed by atoms with Crippen LogP contribution in [0.4, 0.5) is 0 Å². The zero-order chi connectivity index (χ0) is 47.2. The summed E-state index contributed by atoms with van der Waals surface area (Å²) in [6.07, 6.45) is 66.3. The molecule has 0 aliphatic rings. The molecular weight excluding hydrogens is 805 g/mol. The van der Waals surface area contributed by atoms with Crippen molar-refractivity contribution in [2.45, 2.75) is 284 Å². The summed E-state index contributed by atoms with van der Waals surface area (Å²) in [6.45, 7) is 6.57. The summed E-state index contributed by atoms with van der Waals surface area (Å²) in [5.41, 5.74) is 0. The Balaban J connectivity index is 4.38. The van der Waals surface area contributed by atoms with Gasteiger partial charge >= 0.3 is 17.9 Å². The van der Waals surface area contributed by atoms with Crippen molar-refractivity contribution in [3.8, 4) is 0 Å². The van der Waals surface area contributed by atoms with Crippen molar-refractivity contribution in [1.29, 1.82) is 0 Å². The topological polar surface area (TPSA) is 78.9 Å². The van der Waals surface area contributed by atoms with Crippen molar-refractivity contribution in [3.05, 3.63) is 60.8 Å². The van der Waals surface area contributed by atoms with E-state index < -0.39 is 6.10 Å². The first kappa shape index (κ1) is 62.1. The molecule has 0 rings (SSSR count). The Morgan fingerprint density at radius 1 is 0.308 bits per heavy atom. The number of hydrogen-bond donors (Lipinski definition) is 0. The molecule has 65 heavy (non-hydrogen) atoms. The smallest absolute Gasteiger partial charge is 0.306 e. The molecule has 0 bridgehead atoms. The van der Waals surface area contributed by atoms with E-state index in [-0.39, 0.29) is 31.1 Å². The Kier molecular flexibility index (Phi) is 51.3. The van der Waals surface area contributed by atoms with E-state index in [0.29, 0.717) is 19.3 Å². The normalized spacial score (nSPS) is 12.5. The highest BCUT2D eigenvalue weighted by atomic mass is 16.6. The molecule has 0 aliphatic heterocycles. The molecular formula is C59H104O6. The Morgan fingerprint density at radius 3 is 0.892 bits per heavy atom. The van der Waals surface area contributed by atoms with Crippen LogP contribution in [0, 0.1) is 0 Å². The molecule has 0 aromatic carbocycles. The summed E-state index contributed by atoms with van der Waals surface area (Å²) in [5, 5.41) is 0. The van der Waals surface area contributed by atoms with Crippen LogP contribution in [-0.2, 0) is 28.6 Å². The second-order valence-electron chi connectivity index (χ2n) is 18.5. The van der Waals surface area contributed by atoms with E-state index in [1.54, 1.807) is 0 Å². The summed E-state index contributed by atoms with van der Waals surface area (Å²) in [4.78, 5) is 38.1. The summed E-state index contributed by atoms with van der Waals surface area (Å²) in [6, 6.07) is 0. The first-order valence-electron chi connectivity index (χ1n) is 27.8. The van der Waals surface area contributed by atoms with Crippen LogP contribution in [0.25, 0.3) is 0 Å². The van der Waals surface area contributed by atoms with Crippen LogP contribution in [0.2, 0.25) is 0 Å². The predicted molar refractivity (Wildman–Crippen MR) is 279 cm³/mol. The summed E-state index contributed by atoms with van der Waals surface area (Å²) in [7, 11) is 0. The third-order valence-corrected chi connectivity index (χ3v) is 12.0. The predicted octanol–water partition coefficient (Wildman–Crippen LogP) is 18.4. The van der Waals surface area contributed by atoms with E-state index in [9.17, 15) is 14.4 Å². The largest absolute Gasteiger partial charge is 0.462 e. The van der Waals surface area contributed by atoms with Crippen LogP contribution >= 0.6 is 0 Å². The highest BCUT2D eigenvalue weighted by molar-refractivity contribution is 5.71. The van der Waals surface area contributed by atoms with E-state index in [1.165, 1.54) is 141 Å². The Hall–Kier alpha value is -2.89. The molecule has 0 radical (unpaired) electrons. The van der Waals surface area contributed by atoms with Gasteiger partial charge < -0.3 is 14.2 Å². The summed E-state index contributed by atoms with van der Waals surface area (Å²) in [5.74, 6) is -0.904. The maximum Gasteiger partial charge on any atom is 0.306 e. The Morgan fingerprint density at radius 2 is 0.554 bits per heavy atom. The fourth-order valence-corrected chi connectivity index (χ4v) is 7.73. The number of ether oxygens (including phenoxy) is 3. The maximum atomic E-state index is 12.8. The van der Waals surface area contributed by atoms with Crippen molar-refractivity contribution in [3.63, 3.8) is 0 Å². The van der Waals surface area contributed by atoms with Crippen molar-refractivity contribution in [2.24, 2.45) is 0 Å². The van der Waals surface area contributed by atoms with E-state index in [4.69, 9.17) is 14.2 Å². The average molecular weight is 909 g/mol. The molecule has 0 aromatic heterocycles. The van der Waals surface area contributed by atoms with Gasteiger partial charge in [-0.2, -0.15) is 0 Å². The molecule has 376 valence electrons. The van der Waals surface area contributed by atoms with Gasteiger partial charge in [0.1, 0.15) is 13.2 Å². The minimum atomic E-state index is -0.786. The van der Waals surface area contributed by atoms with Gasteiger partial charge in [0, 0.05) is 19.3 Å². The molecule has 0 spiro atoms. The van der Waals surface area contributed by atoms with Gasteiger partial charge in [0.05, 0.1) is 0 Å². The van der Waals surface area contributed by atoms with Crippen molar-refractivity contribution < 1.29 is 28.6 Å². The minimum Gasteiger partial charge on any atom is -0.462 e. The van der Waals surface area contributed by atoms with Gasteiger partial charge in [-0.3, -0.25) is 14.4 Å². The fraction of sp³-hybridized carbons (Fsp3) is 0.780. The van der Waals surface area contributed by atoms with Crippen molar-refractivity contribution in [1.82, 2.24) is 0 Å². The quantitative estimate of drug-likeness (QED) is 0.0262. The van der Waals surface area contributed by atoms with Gasteiger partial charge in [-0.05, 0) is 109 Å². The van der Waals surface area contributed by atoms with E-state index >= 15 is 0 Å². The van der Waals surface area contributed by atoms with Crippen LogP contribution in [0.15, 0.2) is 60.8 Å². The van der Waals surface area contributed by atoms with Gasteiger partial charge in [0.15, 0.2) is 6.10 Å². The van der Waals surface area contributed by atoms with Crippen LogP contribution in [0.1, 0.15) is 278 Å². The van der Waals surface area contributed by atoms with E-state index in [2.05, 4.69) is 81.5 Å². The number of hydrogen-bond acceptors (Lipinski definition) is 6. The second-order valence-corrected chi connectivity index (χ2v) is 18.5. The fourth-order valence-electron chi connectivity index (χ4n) is 7.73. The molecule has 0 saturated heterocycles. The number of unbranched alkanes of at least 4 members (excludes halogenated alkanes) is 29. The van der Waals surface area contributed by atoms with Gasteiger partial charge in [0.25, 0.3) is 0 Å². The lowest BCUT2D eigenvalue weighted by atomic mass is 10.1. The number of carbonyl (C=O) groups is 3. The van der Waals surface area contributed by atoms with Crippen LogP contribution in [0.5, 0.6) is 0 Å². The molecule has 1 unspecified atom stereocenters. The lowest BCUT2D eigenvalue weighted by Gasteiger charge is -2.18. The lowest BCUT2D eigenvalue weighted by Crippen LogP contribution is -2.30. The molecule has 6 heteroatoms. The second kappa shape index (κ2) is 53.7. The average Bonchev–Trinajstić information content (AvgIpc) is 3.30. The Bertz CT molecular complexity index is 1180. The zero-order valence-electron chi connectivity index (χ0n) is 43.0. The SMILES string of the molecule is CCCCC/C=C\C/C=C\CCCCCCCCCCCC(=O)OCC(COC(=O)CCCCCCC/C=C\CCCCC)OC(=O)CCCCCCC/C=C\C/C=C\CCCCCC. The number of carbonyl (C=O) groups excluding carboxylic acids is 3. The lowest BCUT2D eigenvalue weighted by molar-refractivity contribution is -0.167. The molecule has 0 fully saturated rings. The van der Waals surface area contributed by atoms with Crippen molar-refractivity contribution >= 4 is 17.9 Å². The summed E-state index contributed by atoms with van der Waals surface area (Å²) < 4.78 is 16.8. The standard InChI is InChI=1S/C59H104O6/c1-4-7-10-13-16-19-22-25-27-29-30-31-33-34-37-40-43-46-49-52-58(61)64-55-56(54-63-57(60)51-48-45-42-39-36-24-21-18-15-12-9-6-3)65-59(62)53-50-47-44-41-38-35-32-28-26-23-20-17-14-11-8-5-2/h16,18-21,23,25,27-28,32,56H,4-15,17,22,24,26,29-31,33-55H2,1-3H3/b19-16-,21-18-,23-20-,27-25-,32-28-. The molecule has 0 saturated carbocycles. The van der Waals surface area contributed by atoms with Gasteiger partial charge in [0.2, 0.25) is 0 Å². The summed E-state index contributed by atoms with van der Waals surface area (Å²) >= 11 is 0. The maximum absolute atomic E-state index is 12.8. The van der Waals surface area contributed by atoms with Gasteiger partial charge in [-0.25, -0.2) is 0 Å². The van der Waals surface area contributed by atoms with Crippen LogP contribution in [0.3, 0.4) is 0 Å². The van der Waals surface area contributed by atoms with Gasteiger partial charge in [-0.1, -0.05) is 210 Å².